The predicted octanol–water partition coefficient (Wildman–Crippen LogP) is 3.55. The van der Waals surface area contributed by atoms with Gasteiger partial charge in [-0.15, -0.1) is 11.6 Å². The Morgan fingerprint density at radius 1 is 1.03 bits per heavy atom. The molecule has 0 bridgehead atoms. The van der Waals surface area contributed by atoms with Crippen LogP contribution >= 0.6 is 11.6 Å². The second kappa shape index (κ2) is 17.8. The molecule has 0 radical (unpaired) electrons. The maximum atomic E-state index is 12.5. The zero-order valence-corrected chi connectivity index (χ0v) is 23.4. The van der Waals surface area contributed by atoms with E-state index in [1.54, 1.807) is 7.05 Å². The van der Waals surface area contributed by atoms with Gasteiger partial charge in [-0.2, -0.15) is 0 Å². The molecule has 0 aromatic heterocycles. The average Bonchev–Trinajstić information content (AvgIpc) is 2.93. The lowest BCUT2D eigenvalue weighted by molar-refractivity contribution is -0.386. The number of alkyl carbamates (subject to hydrolysis) is 1. The lowest BCUT2D eigenvalue weighted by Crippen LogP contribution is -2.31. The van der Waals surface area contributed by atoms with Gasteiger partial charge in [-0.1, -0.05) is 0 Å². The van der Waals surface area contributed by atoms with Crippen LogP contribution in [0.1, 0.15) is 56.6 Å². The molecule has 0 aliphatic carbocycles. The van der Waals surface area contributed by atoms with Crippen molar-refractivity contribution in [2.75, 3.05) is 47.3 Å². The summed E-state index contributed by atoms with van der Waals surface area (Å²) < 4.78 is 20.6. The van der Waals surface area contributed by atoms with Crippen LogP contribution in [0.2, 0.25) is 0 Å². The van der Waals surface area contributed by atoms with Gasteiger partial charge in [0.2, 0.25) is 5.91 Å². The normalized spacial score (nSPS) is 11.2. The number of ketones is 1. The number of amides is 2. The third-order valence-electron chi connectivity index (χ3n) is 5.78. The van der Waals surface area contributed by atoms with E-state index in [1.807, 2.05) is 0 Å². The average molecular weight is 574 g/mol. The molecule has 0 aliphatic heterocycles. The largest absolute Gasteiger partial charge is 0.493 e. The molecule has 0 saturated heterocycles. The number of nitro groups is 1. The highest BCUT2D eigenvalue weighted by atomic mass is 35.5. The fourth-order valence-corrected chi connectivity index (χ4v) is 3.70. The van der Waals surface area contributed by atoms with Crippen LogP contribution in [0, 0.1) is 10.1 Å². The van der Waals surface area contributed by atoms with Crippen LogP contribution < -0.4 is 14.8 Å². The molecule has 14 heteroatoms. The van der Waals surface area contributed by atoms with E-state index in [0.717, 1.165) is 0 Å². The van der Waals surface area contributed by atoms with Crippen LogP contribution in [0.5, 0.6) is 11.5 Å². The standard InChI is InChI=1S/C25H36ClN3O10/c1-28(23(31)9-5-6-10-24(32)38-4)13-11-20(39-25(33)27-12-7-8-17(30)16-26)18-14-21(36-2)22(37-3)15-19(18)29(34)35/h14-15,20H,5-13,16H2,1-4H3,(H,27,33). The maximum absolute atomic E-state index is 12.5. The minimum atomic E-state index is -1.12. The fourth-order valence-electron chi connectivity index (χ4n) is 3.57. The Hall–Kier alpha value is -3.61. The highest BCUT2D eigenvalue weighted by Gasteiger charge is 2.29. The molecule has 1 unspecified atom stereocenters. The third-order valence-corrected chi connectivity index (χ3v) is 6.08. The molecule has 0 fully saturated rings. The smallest absolute Gasteiger partial charge is 0.407 e. The van der Waals surface area contributed by atoms with E-state index in [9.17, 15) is 29.3 Å². The first-order chi connectivity index (χ1) is 18.6. The maximum Gasteiger partial charge on any atom is 0.407 e. The number of nitro benzene ring substituents is 1. The van der Waals surface area contributed by atoms with Crippen molar-refractivity contribution in [1.29, 1.82) is 0 Å². The Balaban J connectivity index is 3.03. The summed E-state index contributed by atoms with van der Waals surface area (Å²) in [4.78, 5) is 60.3. The number of hydrogen-bond donors (Lipinski definition) is 1. The van der Waals surface area contributed by atoms with Crippen LogP contribution in [0.25, 0.3) is 0 Å². The van der Waals surface area contributed by atoms with Crippen molar-refractivity contribution in [2.24, 2.45) is 0 Å². The quantitative estimate of drug-likeness (QED) is 0.0902. The summed E-state index contributed by atoms with van der Waals surface area (Å²) in [6, 6.07) is 2.54. The van der Waals surface area contributed by atoms with Gasteiger partial charge in [0, 0.05) is 45.8 Å². The second-order valence-electron chi connectivity index (χ2n) is 8.51. The van der Waals surface area contributed by atoms with Gasteiger partial charge in [-0.3, -0.25) is 24.5 Å². The van der Waals surface area contributed by atoms with Gasteiger partial charge in [0.15, 0.2) is 11.5 Å². The highest BCUT2D eigenvalue weighted by molar-refractivity contribution is 6.27. The number of rotatable bonds is 18. The van der Waals surface area contributed by atoms with Crippen LogP contribution in [-0.2, 0) is 23.9 Å². The predicted molar refractivity (Wildman–Crippen MR) is 141 cm³/mol. The third kappa shape index (κ3) is 11.8. The van der Waals surface area contributed by atoms with E-state index >= 15 is 0 Å². The molecule has 2 amide bonds. The Morgan fingerprint density at radius 2 is 1.67 bits per heavy atom. The minimum Gasteiger partial charge on any atom is -0.493 e. The molecule has 218 valence electrons. The second-order valence-corrected chi connectivity index (χ2v) is 8.77. The minimum absolute atomic E-state index is 0.0406. The number of benzene rings is 1. The first kappa shape index (κ1) is 33.4. The molecule has 0 heterocycles. The monoisotopic (exact) mass is 573 g/mol. The first-order valence-corrected chi connectivity index (χ1v) is 12.8. The fraction of sp³-hybridized carbons (Fsp3) is 0.600. The molecule has 0 saturated carbocycles. The van der Waals surface area contributed by atoms with Gasteiger partial charge in [0.1, 0.15) is 11.9 Å². The zero-order valence-electron chi connectivity index (χ0n) is 22.7. The summed E-state index contributed by atoms with van der Waals surface area (Å²) in [5, 5.41) is 14.4. The molecule has 0 aliphatic rings. The Kier molecular flexibility index (Phi) is 15.3. The van der Waals surface area contributed by atoms with Gasteiger partial charge in [0.05, 0.1) is 43.8 Å². The van der Waals surface area contributed by atoms with Gasteiger partial charge in [-0.05, 0) is 25.3 Å². The van der Waals surface area contributed by atoms with Crippen molar-refractivity contribution in [1.82, 2.24) is 10.2 Å². The summed E-state index contributed by atoms with van der Waals surface area (Å²) in [5.74, 6) is -0.512. The molecular formula is C25H36ClN3O10. The van der Waals surface area contributed by atoms with Crippen molar-refractivity contribution < 1.29 is 43.0 Å². The van der Waals surface area contributed by atoms with E-state index in [1.165, 1.54) is 38.4 Å². The Bertz CT molecular complexity index is 1000. The lowest BCUT2D eigenvalue weighted by Gasteiger charge is -2.23. The van der Waals surface area contributed by atoms with E-state index in [0.29, 0.717) is 19.3 Å². The topological polar surface area (TPSA) is 164 Å². The first-order valence-electron chi connectivity index (χ1n) is 12.3. The number of Topliss-reactive ketones (excluding diaryl/α,β-unsaturated/α-hetero) is 1. The molecule has 1 aromatic rings. The van der Waals surface area contributed by atoms with E-state index in [4.69, 9.17) is 25.8 Å². The molecule has 1 N–H and O–H groups in total. The van der Waals surface area contributed by atoms with Gasteiger partial charge in [0.25, 0.3) is 5.69 Å². The molecule has 0 spiro atoms. The zero-order chi connectivity index (χ0) is 29.4. The van der Waals surface area contributed by atoms with E-state index in [2.05, 4.69) is 10.1 Å². The summed E-state index contributed by atoms with van der Waals surface area (Å²) >= 11 is 5.47. The summed E-state index contributed by atoms with van der Waals surface area (Å²) in [5.41, 5.74) is -0.293. The summed E-state index contributed by atoms with van der Waals surface area (Å²) in [6.07, 6.45) is -0.0307. The summed E-state index contributed by atoms with van der Waals surface area (Å²) in [7, 11) is 5.57. The van der Waals surface area contributed by atoms with Crippen LogP contribution in [0.4, 0.5) is 10.5 Å². The molecule has 1 atom stereocenters. The van der Waals surface area contributed by atoms with Crippen molar-refractivity contribution in [3.63, 3.8) is 0 Å². The number of nitrogens with one attached hydrogen (secondary N) is 1. The van der Waals surface area contributed by atoms with Gasteiger partial charge in [-0.25, -0.2) is 4.79 Å². The molecule has 39 heavy (non-hydrogen) atoms. The SMILES string of the molecule is COC(=O)CCCCC(=O)N(C)CCC(OC(=O)NCCCC(=O)CCl)c1cc(OC)c(OC)cc1[N+](=O)[O-]. The number of ether oxygens (including phenoxy) is 4. The van der Waals surface area contributed by atoms with Gasteiger partial charge < -0.3 is 29.2 Å². The van der Waals surface area contributed by atoms with Crippen LogP contribution in [0.15, 0.2) is 12.1 Å². The molecule has 1 rings (SSSR count). The van der Waals surface area contributed by atoms with Crippen molar-refractivity contribution in [2.45, 2.75) is 51.0 Å². The molecule has 13 nitrogen and oxygen atoms in total. The van der Waals surface area contributed by atoms with Crippen LogP contribution in [-0.4, -0.2) is 80.9 Å². The number of hydrogen-bond acceptors (Lipinski definition) is 10. The Morgan fingerprint density at radius 3 is 2.26 bits per heavy atom. The number of esters is 1. The van der Waals surface area contributed by atoms with Gasteiger partial charge >= 0.3 is 12.1 Å². The number of carbonyl (C=O) groups excluding carboxylic acids is 4. The molecular weight excluding hydrogens is 538 g/mol. The Labute approximate surface area is 232 Å². The number of halogens is 1. The van der Waals surface area contributed by atoms with Crippen molar-refractivity contribution >= 4 is 41.0 Å². The van der Waals surface area contributed by atoms with Crippen molar-refractivity contribution in [3.8, 4) is 11.5 Å². The lowest BCUT2D eigenvalue weighted by atomic mass is 10.0. The van der Waals surface area contributed by atoms with Crippen LogP contribution in [0.3, 0.4) is 0 Å². The molecule has 1 aromatic carbocycles. The highest BCUT2D eigenvalue weighted by Crippen LogP contribution is 2.39. The summed E-state index contributed by atoms with van der Waals surface area (Å²) in [6.45, 7) is 0.246. The number of methoxy groups -OCH3 is 3. The van der Waals surface area contributed by atoms with Crippen molar-refractivity contribution in [3.05, 3.63) is 27.8 Å². The van der Waals surface area contributed by atoms with E-state index < -0.39 is 17.1 Å². The number of nitrogens with zero attached hydrogens (tertiary/aromatic N) is 2. The number of carbonyl (C=O) groups is 4. The van der Waals surface area contributed by atoms with E-state index in [-0.39, 0.29) is 85.1 Å². The number of alkyl halides is 1. The number of unbranched alkanes of at least 4 members (excludes halogenated alkanes) is 1.